The van der Waals surface area contributed by atoms with E-state index in [2.05, 4.69) is 25.2 Å². The topological polar surface area (TPSA) is 53.9 Å². The van der Waals surface area contributed by atoms with Crippen molar-refractivity contribution >= 4 is 17.5 Å². The van der Waals surface area contributed by atoms with Crippen LogP contribution >= 0.6 is 0 Å². The zero-order valence-electron chi connectivity index (χ0n) is 15.3. The summed E-state index contributed by atoms with van der Waals surface area (Å²) in [6.07, 6.45) is 1.04. The molecule has 1 aromatic carbocycles. The molecule has 0 saturated carbocycles. The SMILES string of the molecule is CC[C@@H](C)c1ccccc1NC(=O)[C@@H](C)[NH+]1CCN(C(C)=O)CC1. The molecule has 0 radical (unpaired) electrons. The summed E-state index contributed by atoms with van der Waals surface area (Å²) in [5.41, 5.74) is 2.11. The second kappa shape index (κ2) is 8.29. The number of nitrogens with one attached hydrogen (secondary N) is 2. The average Bonchev–Trinajstić information content (AvgIpc) is 2.60. The predicted octanol–water partition coefficient (Wildman–Crippen LogP) is 1.27. The average molecular weight is 332 g/mol. The maximum atomic E-state index is 12.7. The fourth-order valence-corrected chi connectivity index (χ4v) is 3.23. The van der Waals surface area contributed by atoms with Gasteiger partial charge in [-0.15, -0.1) is 0 Å². The van der Waals surface area contributed by atoms with Gasteiger partial charge >= 0.3 is 0 Å². The predicted molar refractivity (Wildman–Crippen MR) is 96.2 cm³/mol. The Hall–Kier alpha value is -1.88. The Morgan fingerprint density at radius 2 is 1.83 bits per heavy atom. The molecule has 1 aliphatic heterocycles. The van der Waals surface area contributed by atoms with E-state index in [1.165, 1.54) is 10.5 Å². The highest BCUT2D eigenvalue weighted by Gasteiger charge is 2.30. The van der Waals surface area contributed by atoms with Crippen molar-refractivity contribution in [3.8, 4) is 0 Å². The van der Waals surface area contributed by atoms with Gasteiger partial charge in [0.25, 0.3) is 5.91 Å². The van der Waals surface area contributed by atoms with Crippen LogP contribution in [-0.2, 0) is 9.59 Å². The van der Waals surface area contributed by atoms with Crippen LogP contribution in [0.3, 0.4) is 0 Å². The van der Waals surface area contributed by atoms with Crippen LogP contribution < -0.4 is 10.2 Å². The third-order valence-electron chi connectivity index (χ3n) is 5.22. The van der Waals surface area contributed by atoms with Crippen molar-refractivity contribution < 1.29 is 14.5 Å². The van der Waals surface area contributed by atoms with Crippen LogP contribution in [-0.4, -0.2) is 48.9 Å². The number of carbonyl (C=O) groups excluding carboxylic acids is 2. The molecule has 0 unspecified atom stereocenters. The van der Waals surface area contributed by atoms with Crippen molar-refractivity contribution in [1.29, 1.82) is 0 Å². The quantitative estimate of drug-likeness (QED) is 0.853. The molecule has 1 fully saturated rings. The Bertz CT molecular complexity index is 580. The zero-order chi connectivity index (χ0) is 17.7. The highest BCUT2D eigenvalue weighted by atomic mass is 16.2. The molecule has 2 N–H and O–H groups in total. The van der Waals surface area contributed by atoms with Crippen LogP contribution in [0.1, 0.15) is 45.6 Å². The Morgan fingerprint density at radius 3 is 2.42 bits per heavy atom. The fraction of sp³-hybridized carbons (Fsp3) is 0.579. The van der Waals surface area contributed by atoms with Crippen molar-refractivity contribution in [3.05, 3.63) is 29.8 Å². The maximum absolute atomic E-state index is 12.7. The van der Waals surface area contributed by atoms with E-state index in [9.17, 15) is 9.59 Å². The van der Waals surface area contributed by atoms with Gasteiger partial charge in [0.2, 0.25) is 5.91 Å². The van der Waals surface area contributed by atoms with Crippen LogP contribution in [0, 0.1) is 0 Å². The van der Waals surface area contributed by atoms with Gasteiger partial charge in [0.15, 0.2) is 6.04 Å². The number of nitrogens with zero attached hydrogens (tertiary/aromatic N) is 1. The molecule has 5 nitrogen and oxygen atoms in total. The summed E-state index contributed by atoms with van der Waals surface area (Å²) in [4.78, 5) is 27.2. The summed E-state index contributed by atoms with van der Waals surface area (Å²) < 4.78 is 0. The first-order chi connectivity index (χ1) is 11.4. The normalized spacial score (nSPS) is 18.1. The van der Waals surface area contributed by atoms with Gasteiger partial charge in [-0.2, -0.15) is 0 Å². The molecule has 2 rings (SSSR count). The van der Waals surface area contributed by atoms with Crippen molar-refractivity contribution in [2.24, 2.45) is 0 Å². The number of hydrogen-bond acceptors (Lipinski definition) is 2. The third kappa shape index (κ3) is 4.35. The van der Waals surface area contributed by atoms with E-state index >= 15 is 0 Å². The summed E-state index contributed by atoms with van der Waals surface area (Å²) in [7, 11) is 0. The lowest BCUT2D eigenvalue weighted by molar-refractivity contribution is -0.917. The Balaban J connectivity index is 1.99. The number of hydrogen-bond donors (Lipinski definition) is 2. The first kappa shape index (κ1) is 18.5. The molecule has 2 atom stereocenters. The summed E-state index contributed by atoms with van der Waals surface area (Å²) in [5, 5.41) is 3.12. The summed E-state index contributed by atoms with van der Waals surface area (Å²) >= 11 is 0. The van der Waals surface area contributed by atoms with Gasteiger partial charge < -0.3 is 15.1 Å². The van der Waals surface area contributed by atoms with Crippen molar-refractivity contribution in [1.82, 2.24) is 4.90 Å². The minimum absolute atomic E-state index is 0.0528. The van der Waals surface area contributed by atoms with Gasteiger partial charge in [0.05, 0.1) is 26.2 Å². The number of para-hydroxylation sites is 1. The van der Waals surface area contributed by atoms with Gasteiger partial charge in [0.1, 0.15) is 0 Å². The van der Waals surface area contributed by atoms with E-state index in [1.54, 1.807) is 6.92 Å². The molecular weight excluding hydrogens is 302 g/mol. The molecular formula is C19H30N3O2+. The van der Waals surface area contributed by atoms with E-state index < -0.39 is 0 Å². The highest BCUT2D eigenvalue weighted by molar-refractivity contribution is 5.94. The van der Waals surface area contributed by atoms with Gasteiger partial charge in [-0.1, -0.05) is 32.0 Å². The second-order valence-electron chi connectivity index (χ2n) is 6.77. The van der Waals surface area contributed by atoms with Crippen LogP contribution in [0.4, 0.5) is 5.69 Å². The second-order valence-corrected chi connectivity index (χ2v) is 6.77. The smallest absolute Gasteiger partial charge is 0.282 e. The van der Waals surface area contributed by atoms with Crippen LogP contribution in [0.25, 0.3) is 0 Å². The number of amides is 2. The number of benzene rings is 1. The zero-order valence-corrected chi connectivity index (χ0v) is 15.3. The molecule has 1 aromatic rings. The molecule has 0 spiro atoms. The summed E-state index contributed by atoms with van der Waals surface area (Å²) in [6, 6.07) is 7.93. The van der Waals surface area contributed by atoms with Crippen molar-refractivity contribution in [3.63, 3.8) is 0 Å². The Kier molecular flexibility index (Phi) is 6.37. The largest absolute Gasteiger partial charge is 0.332 e. The lowest BCUT2D eigenvalue weighted by atomic mass is 9.97. The minimum atomic E-state index is -0.121. The number of carbonyl (C=O) groups is 2. The summed E-state index contributed by atoms with van der Waals surface area (Å²) in [5.74, 6) is 0.592. The lowest BCUT2D eigenvalue weighted by Crippen LogP contribution is -3.19. The highest BCUT2D eigenvalue weighted by Crippen LogP contribution is 2.26. The molecule has 5 heteroatoms. The van der Waals surface area contributed by atoms with Gasteiger partial charge in [0, 0.05) is 12.6 Å². The Labute approximate surface area is 145 Å². The number of anilines is 1. The molecule has 1 heterocycles. The van der Waals surface area contributed by atoms with Gasteiger partial charge in [-0.25, -0.2) is 0 Å². The standard InChI is InChI=1S/C19H29N3O2/c1-5-14(2)17-8-6-7-9-18(17)20-19(24)15(3)21-10-12-22(13-11-21)16(4)23/h6-9,14-15H,5,10-13H2,1-4H3,(H,20,24)/p+1/t14-,15-/m1/s1. The van der Waals surface area contributed by atoms with Crippen molar-refractivity contribution in [2.45, 2.75) is 46.1 Å². The Morgan fingerprint density at radius 1 is 1.21 bits per heavy atom. The lowest BCUT2D eigenvalue weighted by Gasteiger charge is -2.34. The molecule has 24 heavy (non-hydrogen) atoms. The van der Waals surface area contributed by atoms with Crippen LogP contribution in [0.2, 0.25) is 0 Å². The molecule has 0 aromatic heterocycles. The van der Waals surface area contributed by atoms with Crippen molar-refractivity contribution in [2.75, 3.05) is 31.5 Å². The maximum Gasteiger partial charge on any atom is 0.282 e. The van der Waals surface area contributed by atoms with E-state index in [4.69, 9.17) is 0 Å². The molecule has 0 bridgehead atoms. The number of rotatable bonds is 5. The third-order valence-corrected chi connectivity index (χ3v) is 5.22. The molecule has 0 aliphatic carbocycles. The van der Waals surface area contributed by atoms with Crippen LogP contribution in [0.5, 0.6) is 0 Å². The van der Waals surface area contributed by atoms with Gasteiger partial charge in [-0.05, 0) is 30.9 Å². The first-order valence-corrected chi connectivity index (χ1v) is 8.93. The molecule has 2 amide bonds. The molecule has 1 aliphatic rings. The monoisotopic (exact) mass is 332 g/mol. The van der Waals surface area contributed by atoms with E-state index in [1.807, 2.05) is 30.0 Å². The molecule has 132 valence electrons. The first-order valence-electron chi connectivity index (χ1n) is 8.93. The van der Waals surface area contributed by atoms with Crippen LogP contribution in [0.15, 0.2) is 24.3 Å². The van der Waals surface area contributed by atoms with Gasteiger partial charge in [-0.3, -0.25) is 9.59 Å². The number of quaternary nitrogens is 1. The number of piperazine rings is 1. The van der Waals surface area contributed by atoms with E-state index in [-0.39, 0.29) is 17.9 Å². The fourth-order valence-electron chi connectivity index (χ4n) is 3.23. The van der Waals surface area contributed by atoms with E-state index in [0.717, 1.165) is 38.3 Å². The minimum Gasteiger partial charge on any atom is -0.332 e. The van der Waals surface area contributed by atoms with E-state index in [0.29, 0.717) is 5.92 Å². The summed E-state index contributed by atoms with van der Waals surface area (Å²) in [6.45, 7) is 11.0. The molecule has 1 saturated heterocycles.